The summed E-state index contributed by atoms with van der Waals surface area (Å²) in [5.41, 5.74) is 8.34. The van der Waals surface area contributed by atoms with Gasteiger partial charge in [0.2, 0.25) is 0 Å². The highest BCUT2D eigenvalue weighted by Crippen LogP contribution is 2.31. The lowest BCUT2D eigenvalue weighted by atomic mass is 9.95. The van der Waals surface area contributed by atoms with Crippen LogP contribution in [0.3, 0.4) is 0 Å². The van der Waals surface area contributed by atoms with Crippen molar-refractivity contribution in [2.24, 2.45) is 17.6 Å². The first-order valence-corrected chi connectivity index (χ1v) is 8.02. The molecule has 2 aromatic heterocycles. The highest BCUT2D eigenvalue weighted by atomic mass is 15.2. The van der Waals surface area contributed by atoms with Crippen molar-refractivity contribution in [3.05, 3.63) is 30.1 Å². The van der Waals surface area contributed by atoms with Crippen LogP contribution in [0.25, 0.3) is 5.65 Å². The molecule has 1 aliphatic heterocycles. The van der Waals surface area contributed by atoms with Gasteiger partial charge in [0.05, 0.1) is 5.69 Å². The standard InChI is InChI=1S/C17H26N4/c1-12(2)14-7-9-20(11-14)17-15(10-13(3)18)21-8-5-4-6-16(21)19-17/h4-6,8,12-14H,7,9-11,18H2,1-3H3. The topological polar surface area (TPSA) is 46.6 Å². The summed E-state index contributed by atoms with van der Waals surface area (Å²) in [6, 6.07) is 6.32. The van der Waals surface area contributed by atoms with Crippen molar-refractivity contribution in [1.82, 2.24) is 9.38 Å². The number of rotatable bonds is 4. The normalized spacial score (nSPS) is 20.6. The van der Waals surface area contributed by atoms with Crippen molar-refractivity contribution in [1.29, 1.82) is 0 Å². The number of nitrogens with zero attached hydrogens (tertiary/aromatic N) is 3. The van der Waals surface area contributed by atoms with E-state index in [9.17, 15) is 0 Å². The predicted molar refractivity (Wildman–Crippen MR) is 87.7 cm³/mol. The minimum absolute atomic E-state index is 0.146. The van der Waals surface area contributed by atoms with Crippen molar-refractivity contribution in [3.8, 4) is 0 Å². The Hall–Kier alpha value is -1.55. The minimum Gasteiger partial charge on any atom is -0.355 e. The van der Waals surface area contributed by atoms with Gasteiger partial charge in [0.1, 0.15) is 5.65 Å². The summed E-state index contributed by atoms with van der Waals surface area (Å²) in [5.74, 6) is 2.66. The summed E-state index contributed by atoms with van der Waals surface area (Å²) in [4.78, 5) is 7.33. The molecule has 2 N–H and O–H groups in total. The maximum atomic E-state index is 6.06. The first-order valence-electron chi connectivity index (χ1n) is 8.02. The molecule has 0 amide bonds. The molecule has 3 heterocycles. The Balaban J connectivity index is 1.97. The molecule has 1 saturated heterocycles. The lowest BCUT2D eigenvalue weighted by molar-refractivity contribution is 0.422. The molecular formula is C17H26N4. The SMILES string of the molecule is CC(N)Cc1c(N2CCC(C(C)C)C2)nc2ccccn12. The number of imidazole rings is 1. The van der Waals surface area contributed by atoms with E-state index < -0.39 is 0 Å². The fourth-order valence-electron chi connectivity index (χ4n) is 3.31. The van der Waals surface area contributed by atoms with Gasteiger partial charge in [-0.15, -0.1) is 0 Å². The first-order chi connectivity index (χ1) is 10.1. The summed E-state index contributed by atoms with van der Waals surface area (Å²) in [6.45, 7) is 8.93. The summed E-state index contributed by atoms with van der Waals surface area (Å²) in [5, 5.41) is 0. The van der Waals surface area contributed by atoms with Gasteiger partial charge in [-0.2, -0.15) is 0 Å². The summed E-state index contributed by atoms with van der Waals surface area (Å²) >= 11 is 0. The molecule has 0 spiro atoms. The van der Waals surface area contributed by atoms with Crippen LogP contribution in [0.4, 0.5) is 5.82 Å². The van der Waals surface area contributed by atoms with Gasteiger partial charge >= 0.3 is 0 Å². The van der Waals surface area contributed by atoms with E-state index in [1.165, 1.54) is 12.1 Å². The van der Waals surface area contributed by atoms with Crippen LogP contribution in [0.1, 0.15) is 32.9 Å². The molecule has 4 nitrogen and oxygen atoms in total. The smallest absolute Gasteiger partial charge is 0.151 e. The molecule has 0 saturated carbocycles. The van der Waals surface area contributed by atoms with Crippen LogP contribution in [0.2, 0.25) is 0 Å². The highest BCUT2D eigenvalue weighted by molar-refractivity contribution is 5.56. The van der Waals surface area contributed by atoms with E-state index in [4.69, 9.17) is 10.7 Å². The van der Waals surface area contributed by atoms with Crippen molar-refractivity contribution in [2.45, 2.75) is 39.7 Å². The monoisotopic (exact) mass is 286 g/mol. The van der Waals surface area contributed by atoms with E-state index in [1.807, 2.05) is 6.07 Å². The number of aromatic nitrogens is 2. The fourth-order valence-corrected chi connectivity index (χ4v) is 3.31. The Morgan fingerprint density at radius 1 is 1.33 bits per heavy atom. The maximum Gasteiger partial charge on any atom is 0.151 e. The molecule has 0 radical (unpaired) electrons. The van der Waals surface area contributed by atoms with E-state index in [0.717, 1.165) is 42.8 Å². The summed E-state index contributed by atoms with van der Waals surface area (Å²) in [7, 11) is 0. The van der Waals surface area contributed by atoms with Gasteiger partial charge < -0.3 is 15.0 Å². The Morgan fingerprint density at radius 3 is 2.81 bits per heavy atom. The molecule has 1 aliphatic rings. The molecular weight excluding hydrogens is 260 g/mol. The lowest BCUT2D eigenvalue weighted by Crippen LogP contribution is -2.25. The molecule has 21 heavy (non-hydrogen) atoms. The van der Waals surface area contributed by atoms with E-state index >= 15 is 0 Å². The summed E-state index contributed by atoms with van der Waals surface area (Å²) < 4.78 is 2.20. The van der Waals surface area contributed by atoms with Crippen molar-refractivity contribution >= 4 is 11.5 Å². The zero-order valence-electron chi connectivity index (χ0n) is 13.3. The second-order valence-corrected chi connectivity index (χ2v) is 6.73. The third-order valence-corrected chi connectivity index (χ3v) is 4.59. The average molecular weight is 286 g/mol. The minimum atomic E-state index is 0.146. The van der Waals surface area contributed by atoms with Gasteiger partial charge in [-0.3, -0.25) is 0 Å². The molecule has 0 aliphatic carbocycles. The Morgan fingerprint density at radius 2 is 2.14 bits per heavy atom. The molecule has 0 aromatic carbocycles. The van der Waals surface area contributed by atoms with Crippen molar-refractivity contribution in [2.75, 3.05) is 18.0 Å². The van der Waals surface area contributed by atoms with Crippen LogP contribution in [0, 0.1) is 11.8 Å². The molecule has 2 aromatic rings. The van der Waals surface area contributed by atoms with Gasteiger partial charge in [-0.1, -0.05) is 19.9 Å². The van der Waals surface area contributed by atoms with E-state index in [2.05, 4.69) is 48.4 Å². The van der Waals surface area contributed by atoms with Crippen LogP contribution >= 0.6 is 0 Å². The molecule has 2 unspecified atom stereocenters. The number of hydrogen-bond acceptors (Lipinski definition) is 3. The second kappa shape index (κ2) is 5.68. The Bertz CT molecular complexity index is 614. The quantitative estimate of drug-likeness (QED) is 0.940. The van der Waals surface area contributed by atoms with Crippen LogP contribution in [-0.4, -0.2) is 28.5 Å². The number of hydrogen-bond donors (Lipinski definition) is 1. The second-order valence-electron chi connectivity index (χ2n) is 6.73. The average Bonchev–Trinajstić information content (AvgIpc) is 3.03. The van der Waals surface area contributed by atoms with Crippen LogP contribution in [0.15, 0.2) is 24.4 Å². The Labute approximate surface area is 127 Å². The predicted octanol–water partition coefficient (Wildman–Crippen LogP) is 2.71. The van der Waals surface area contributed by atoms with E-state index in [1.54, 1.807) is 0 Å². The third kappa shape index (κ3) is 2.77. The molecule has 114 valence electrons. The number of pyridine rings is 1. The molecule has 3 rings (SSSR count). The molecule has 1 fully saturated rings. The largest absolute Gasteiger partial charge is 0.355 e. The van der Waals surface area contributed by atoms with Crippen molar-refractivity contribution < 1.29 is 0 Å². The lowest BCUT2D eigenvalue weighted by Gasteiger charge is -2.20. The Kier molecular flexibility index (Phi) is 3.89. The molecule has 4 heteroatoms. The van der Waals surface area contributed by atoms with Gasteiger partial charge in [-0.05, 0) is 37.3 Å². The van der Waals surface area contributed by atoms with Gasteiger partial charge in [0.15, 0.2) is 5.82 Å². The first kappa shape index (κ1) is 14.4. The van der Waals surface area contributed by atoms with Crippen LogP contribution in [-0.2, 0) is 6.42 Å². The van der Waals surface area contributed by atoms with Gasteiger partial charge in [0, 0.05) is 31.7 Å². The van der Waals surface area contributed by atoms with Crippen molar-refractivity contribution in [3.63, 3.8) is 0 Å². The third-order valence-electron chi connectivity index (χ3n) is 4.59. The van der Waals surface area contributed by atoms with E-state index in [0.29, 0.717) is 0 Å². The van der Waals surface area contributed by atoms with E-state index in [-0.39, 0.29) is 6.04 Å². The van der Waals surface area contributed by atoms with Gasteiger partial charge in [-0.25, -0.2) is 4.98 Å². The fraction of sp³-hybridized carbons (Fsp3) is 0.588. The zero-order valence-corrected chi connectivity index (χ0v) is 13.3. The van der Waals surface area contributed by atoms with Crippen LogP contribution in [0.5, 0.6) is 0 Å². The number of anilines is 1. The number of fused-ring (bicyclic) bond motifs is 1. The molecule has 2 atom stereocenters. The summed E-state index contributed by atoms with van der Waals surface area (Å²) in [6.07, 6.45) is 4.23. The highest BCUT2D eigenvalue weighted by Gasteiger charge is 2.28. The molecule has 0 bridgehead atoms. The van der Waals surface area contributed by atoms with Crippen LogP contribution < -0.4 is 10.6 Å². The van der Waals surface area contributed by atoms with Gasteiger partial charge in [0.25, 0.3) is 0 Å². The number of nitrogens with two attached hydrogens (primary N) is 1. The maximum absolute atomic E-state index is 6.06. The zero-order chi connectivity index (χ0) is 15.0.